The molecule has 1 saturated carbocycles. The summed E-state index contributed by atoms with van der Waals surface area (Å²) in [5.41, 5.74) is 1.74. The van der Waals surface area contributed by atoms with Gasteiger partial charge in [0.1, 0.15) is 0 Å². The van der Waals surface area contributed by atoms with Crippen molar-refractivity contribution >= 4 is 21.8 Å². The van der Waals surface area contributed by atoms with E-state index in [2.05, 4.69) is 10.1 Å². The number of hydrogen-bond acceptors (Lipinski definition) is 5. The van der Waals surface area contributed by atoms with Crippen molar-refractivity contribution in [2.75, 3.05) is 11.5 Å². The van der Waals surface area contributed by atoms with E-state index in [1.807, 2.05) is 0 Å². The number of nitrogens with two attached hydrogens (primary N) is 1. The number of primary amides is 1. The first-order valence-electron chi connectivity index (χ1n) is 5.77. The highest BCUT2D eigenvalue weighted by atomic mass is 32.2. The second-order valence-corrected chi connectivity index (χ2v) is 7.74. The van der Waals surface area contributed by atoms with Crippen LogP contribution in [0.3, 0.4) is 0 Å². The lowest BCUT2D eigenvalue weighted by molar-refractivity contribution is -0.207. The lowest BCUT2D eigenvalue weighted by Gasteiger charge is -2.47. The maximum absolute atomic E-state index is 13.0. The minimum absolute atomic E-state index is 0.283. The molecule has 0 unspecified atom stereocenters. The molecule has 2 fully saturated rings. The zero-order valence-corrected chi connectivity index (χ0v) is 11.4. The number of alkyl halides is 2. The predicted molar refractivity (Wildman–Crippen MR) is 62.8 cm³/mol. The summed E-state index contributed by atoms with van der Waals surface area (Å²) in [6.07, 6.45) is -3.25. The fourth-order valence-corrected chi connectivity index (χ4v) is 4.65. The number of rotatable bonds is 3. The Balaban J connectivity index is 2.08. The van der Waals surface area contributed by atoms with E-state index in [1.165, 1.54) is 6.92 Å². The van der Waals surface area contributed by atoms with E-state index in [9.17, 15) is 26.8 Å². The maximum atomic E-state index is 13.0. The largest absolute Gasteiger partial charge is 0.432 e. The molecule has 0 aromatic heterocycles. The minimum Gasteiger partial charge on any atom is -0.432 e. The number of hydrogen-bond donors (Lipinski definition) is 2. The van der Waals surface area contributed by atoms with Crippen molar-refractivity contribution in [3.05, 3.63) is 0 Å². The molecule has 3 N–H and O–H groups in total. The SMILES string of the molecule is CC1(NC(=O)C2(OC(N)=O)CC(F)(F)C2)CS(=O)(=O)C1. The van der Waals surface area contributed by atoms with Gasteiger partial charge in [0, 0.05) is 0 Å². The molecule has 0 aromatic carbocycles. The zero-order valence-electron chi connectivity index (χ0n) is 10.6. The van der Waals surface area contributed by atoms with E-state index in [4.69, 9.17) is 5.73 Å². The molecular formula is C10H14F2N2O5S. The van der Waals surface area contributed by atoms with E-state index in [0.29, 0.717) is 0 Å². The van der Waals surface area contributed by atoms with Crippen molar-refractivity contribution < 1.29 is 31.5 Å². The summed E-state index contributed by atoms with van der Waals surface area (Å²) in [6, 6.07) is 0. The molecule has 20 heavy (non-hydrogen) atoms. The van der Waals surface area contributed by atoms with Crippen LogP contribution in [0, 0.1) is 0 Å². The fraction of sp³-hybridized carbons (Fsp3) is 0.800. The lowest BCUT2D eigenvalue weighted by Crippen LogP contribution is -2.70. The van der Waals surface area contributed by atoms with Gasteiger partial charge >= 0.3 is 6.09 Å². The van der Waals surface area contributed by atoms with Gasteiger partial charge in [-0.05, 0) is 6.92 Å². The van der Waals surface area contributed by atoms with E-state index >= 15 is 0 Å². The molecule has 0 radical (unpaired) electrons. The molecule has 0 bridgehead atoms. The smallest absolute Gasteiger partial charge is 0.405 e. The van der Waals surface area contributed by atoms with Crippen LogP contribution in [0.15, 0.2) is 0 Å². The van der Waals surface area contributed by atoms with Crippen LogP contribution < -0.4 is 11.1 Å². The number of carbonyl (C=O) groups is 2. The zero-order chi connectivity index (χ0) is 15.4. The van der Waals surface area contributed by atoms with Crippen molar-refractivity contribution in [3.63, 3.8) is 0 Å². The van der Waals surface area contributed by atoms with Gasteiger partial charge in [-0.1, -0.05) is 0 Å². The fourth-order valence-electron chi connectivity index (χ4n) is 2.64. The second-order valence-electron chi connectivity index (χ2n) is 5.67. The topological polar surface area (TPSA) is 116 Å². The molecule has 2 aliphatic rings. The van der Waals surface area contributed by atoms with Gasteiger partial charge in [0.25, 0.3) is 11.8 Å². The molecule has 1 heterocycles. The Kier molecular flexibility index (Phi) is 3.01. The van der Waals surface area contributed by atoms with Crippen LogP contribution in [0.1, 0.15) is 19.8 Å². The van der Waals surface area contributed by atoms with Crippen LogP contribution in [0.5, 0.6) is 0 Å². The van der Waals surface area contributed by atoms with Crippen LogP contribution in [-0.4, -0.2) is 49.0 Å². The van der Waals surface area contributed by atoms with Crippen molar-refractivity contribution in [1.82, 2.24) is 5.32 Å². The highest BCUT2D eigenvalue weighted by Gasteiger charge is 2.65. The molecule has 2 amide bonds. The molecule has 1 aliphatic carbocycles. The summed E-state index contributed by atoms with van der Waals surface area (Å²) < 4.78 is 52.8. The van der Waals surface area contributed by atoms with Crippen LogP contribution in [-0.2, 0) is 19.4 Å². The molecule has 114 valence electrons. The van der Waals surface area contributed by atoms with Gasteiger partial charge in [0.15, 0.2) is 9.84 Å². The molecular weight excluding hydrogens is 298 g/mol. The molecule has 7 nitrogen and oxygen atoms in total. The van der Waals surface area contributed by atoms with Gasteiger partial charge in [-0.3, -0.25) is 4.79 Å². The van der Waals surface area contributed by atoms with E-state index in [0.717, 1.165) is 0 Å². The Bertz CT molecular complexity index is 554. The lowest BCUT2D eigenvalue weighted by atomic mass is 9.75. The van der Waals surface area contributed by atoms with Crippen molar-refractivity contribution in [1.29, 1.82) is 0 Å². The number of carbonyl (C=O) groups excluding carboxylic acids is 2. The van der Waals surface area contributed by atoms with E-state index in [-0.39, 0.29) is 11.5 Å². The van der Waals surface area contributed by atoms with Gasteiger partial charge in [0.2, 0.25) is 5.60 Å². The molecule has 1 saturated heterocycles. The van der Waals surface area contributed by atoms with Crippen molar-refractivity contribution in [3.8, 4) is 0 Å². The number of halogens is 2. The molecule has 0 atom stereocenters. The highest BCUT2D eigenvalue weighted by molar-refractivity contribution is 7.93. The monoisotopic (exact) mass is 312 g/mol. The van der Waals surface area contributed by atoms with Crippen molar-refractivity contribution in [2.24, 2.45) is 5.73 Å². The third-order valence-corrected chi connectivity index (χ3v) is 5.44. The Morgan fingerprint density at radius 3 is 2.10 bits per heavy atom. The molecule has 1 aliphatic heterocycles. The Hall–Kier alpha value is -1.45. The predicted octanol–water partition coefficient (Wildman–Crippen LogP) is -0.447. The van der Waals surface area contributed by atoms with Crippen LogP contribution in [0.25, 0.3) is 0 Å². The maximum Gasteiger partial charge on any atom is 0.405 e. The van der Waals surface area contributed by atoms with Gasteiger partial charge < -0.3 is 15.8 Å². The summed E-state index contributed by atoms with van der Waals surface area (Å²) in [7, 11) is -3.21. The first-order valence-corrected chi connectivity index (χ1v) is 7.59. The third-order valence-electron chi connectivity index (χ3n) is 3.29. The average molecular weight is 312 g/mol. The van der Waals surface area contributed by atoms with Crippen molar-refractivity contribution in [2.45, 2.75) is 36.8 Å². The van der Waals surface area contributed by atoms with Gasteiger partial charge in [-0.15, -0.1) is 0 Å². The standard InChI is InChI=1S/C10H14F2N2O5S/c1-8(4-20(17,18)5-8)14-6(15)9(19-7(13)16)2-10(11,12)3-9/h2-5H2,1H3,(H2,13,16)(H,14,15). The average Bonchev–Trinajstić information content (AvgIpc) is 2.08. The summed E-state index contributed by atoms with van der Waals surface area (Å²) in [6.45, 7) is 1.47. The quantitative estimate of drug-likeness (QED) is 0.732. The summed E-state index contributed by atoms with van der Waals surface area (Å²) in [5.74, 6) is -4.62. The van der Waals surface area contributed by atoms with Crippen LogP contribution >= 0.6 is 0 Å². The normalized spacial score (nSPS) is 27.6. The molecule has 2 rings (SSSR count). The molecule has 10 heteroatoms. The molecule has 0 spiro atoms. The summed E-state index contributed by atoms with van der Waals surface area (Å²) in [4.78, 5) is 22.8. The first-order chi connectivity index (χ1) is 8.87. The summed E-state index contributed by atoms with van der Waals surface area (Å²) in [5, 5.41) is 2.35. The van der Waals surface area contributed by atoms with Crippen LogP contribution in [0.4, 0.5) is 13.6 Å². The van der Waals surface area contributed by atoms with E-state index < -0.39 is 51.7 Å². The number of ether oxygens (including phenoxy) is 1. The second kappa shape index (κ2) is 4.03. The minimum atomic E-state index is -3.21. The first kappa shape index (κ1) is 14.9. The van der Waals surface area contributed by atoms with Crippen LogP contribution in [0.2, 0.25) is 0 Å². The Morgan fingerprint density at radius 2 is 1.75 bits per heavy atom. The Labute approximate surface area is 113 Å². The number of amides is 2. The van der Waals surface area contributed by atoms with E-state index in [1.54, 1.807) is 0 Å². The number of nitrogens with one attached hydrogen (secondary N) is 1. The Morgan fingerprint density at radius 1 is 1.25 bits per heavy atom. The van der Waals surface area contributed by atoms with Gasteiger partial charge in [-0.25, -0.2) is 22.0 Å². The van der Waals surface area contributed by atoms with Gasteiger partial charge in [-0.2, -0.15) is 0 Å². The summed E-state index contributed by atoms with van der Waals surface area (Å²) >= 11 is 0. The number of sulfone groups is 1. The molecule has 0 aromatic rings. The highest BCUT2D eigenvalue weighted by Crippen LogP contribution is 2.48. The third kappa shape index (κ3) is 2.69. The van der Waals surface area contributed by atoms with Gasteiger partial charge in [0.05, 0.1) is 29.9 Å².